The van der Waals surface area contributed by atoms with Gasteiger partial charge in [0.25, 0.3) is 0 Å². The van der Waals surface area contributed by atoms with Crippen LogP contribution in [-0.4, -0.2) is 29.2 Å². The van der Waals surface area contributed by atoms with Crippen molar-refractivity contribution in [2.45, 2.75) is 50.6 Å². The average molecular weight is 200 g/mol. The zero-order chi connectivity index (χ0) is 10.6. The van der Waals surface area contributed by atoms with E-state index in [0.717, 1.165) is 25.7 Å². The van der Waals surface area contributed by atoms with Crippen LogP contribution < -0.4 is 11.1 Å². The number of primary amides is 1. The van der Waals surface area contributed by atoms with Crippen molar-refractivity contribution in [2.75, 3.05) is 6.61 Å². The molecular formula is C10H20N2O2. The van der Waals surface area contributed by atoms with Crippen molar-refractivity contribution in [3.05, 3.63) is 0 Å². The van der Waals surface area contributed by atoms with E-state index in [-0.39, 0.29) is 24.1 Å². The molecule has 1 saturated carbocycles. The molecule has 1 atom stereocenters. The Balaban J connectivity index is 2.55. The monoisotopic (exact) mass is 200 g/mol. The third-order valence-corrected chi connectivity index (χ3v) is 3.06. The molecule has 1 aliphatic rings. The quantitative estimate of drug-likeness (QED) is 0.604. The summed E-state index contributed by atoms with van der Waals surface area (Å²) in [6, 6.07) is -0.361. The molecule has 0 saturated heterocycles. The van der Waals surface area contributed by atoms with Gasteiger partial charge in [-0.25, -0.2) is 0 Å². The number of aliphatic hydroxyl groups excluding tert-OH is 1. The zero-order valence-corrected chi connectivity index (χ0v) is 8.75. The Bertz CT molecular complexity index is 200. The highest BCUT2D eigenvalue weighted by Crippen LogP contribution is 2.28. The second-order valence-electron chi connectivity index (χ2n) is 4.27. The largest absolute Gasteiger partial charge is 0.394 e. The van der Waals surface area contributed by atoms with Crippen LogP contribution in [0.4, 0.5) is 0 Å². The van der Waals surface area contributed by atoms with E-state index in [1.54, 1.807) is 6.92 Å². The van der Waals surface area contributed by atoms with Gasteiger partial charge >= 0.3 is 0 Å². The fourth-order valence-electron chi connectivity index (χ4n) is 2.11. The van der Waals surface area contributed by atoms with Gasteiger partial charge in [-0.2, -0.15) is 0 Å². The van der Waals surface area contributed by atoms with Gasteiger partial charge in [-0.05, 0) is 19.8 Å². The van der Waals surface area contributed by atoms with E-state index in [0.29, 0.717) is 0 Å². The first-order valence-corrected chi connectivity index (χ1v) is 5.27. The van der Waals surface area contributed by atoms with Crippen LogP contribution in [0.5, 0.6) is 0 Å². The van der Waals surface area contributed by atoms with Gasteiger partial charge in [0.1, 0.15) is 0 Å². The first-order valence-electron chi connectivity index (χ1n) is 5.27. The molecule has 0 aromatic rings. The van der Waals surface area contributed by atoms with Gasteiger partial charge in [0, 0.05) is 5.54 Å². The Kier molecular flexibility index (Phi) is 3.89. The summed E-state index contributed by atoms with van der Waals surface area (Å²) >= 11 is 0. The molecule has 0 heterocycles. The number of rotatable bonds is 4. The van der Waals surface area contributed by atoms with Crippen molar-refractivity contribution in [1.82, 2.24) is 5.32 Å². The highest BCUT2D eigenvalue weighted by Gasteiger charge is 2.33. The van der Waals surface area contributed by atoms with Crippen molar-refractivity contribution < 1.29 is 9.90 Å². The van der Waals surface area contributed by atoms with Crippen LogP contribution in [0.1, 0.15) is 39.0 Å². The minimum absolute atomic E-state index is 0.0879. The van der Waals surface area contributed by atoms with Crippen LogP contribution in [0.15, 0.2) is 0 Å². The summed E-state index contributed by atoms with van der Waals surface area (Å²) in [5, 5.41) is 12.5. The maximum atomic E-state index is 10.9. The summed E-state index contributed by atoms with van der Waals surface area (Å²) in [7, 11) is 0. The predicted octanol–water partition coefficient (Wildman–Crippen LogP) is 0.145. The molecule has 0 bridgehead atoms. The smallest absolute Gasteiger partial charge is 0.234 e. The van der Waals surface area contributed by atoms with Gasteiger partial charge in [0.05, 0.1) is 12.6 Å². The SMILES string of the molecule is CC(NC1(CO)CCCCC1)C(N)=O. The second-order valence-corrected chi connectivity index (χ2v) is 4.27. The Morgan fingerprint density at radius 3 is 2.50 bits per heavy atom. The lowest BCUT2D eigenvalue weighted by molar-refractivity contribution is -0.120. The van der Waals surface area contributed by atoms with Crippen molar-refractivity contribution >= 4 is 5.91 Å². The van der Waals surface area contributed by atoms with Gasteiger partial charge in [0.15, 0.2) is 0 Å². The predicted molar refractivity (Wildman–Crippen MR) is 54.7 cm³/mol. The molecular weight excluding hydrogens is 180 g/mol. The molecule has 0 spiro atoms. The van der Waals surface area contributed by atoms with E-state index >= 15 is 0 Å². The Hall–Kier alpha value is -0.610. The Labute approximate surface area is 84.9 Å². The molecule has 0 aromatic carbocycles. The zero-order valence-electron chi connectivity index (χ0n) is 8.75. The minimum atomic E-state index is -0.361. The fraction of sp³-hybridized carbons (Fsp3) is 0.900. The number of nitrogens with one attached hydrogen (secondary N) is 1. The molecule has 0 aliphatic heterocycles. The van der Waals surface area contributed by atoms with Crippen molar-refractivity contribution in [3.8, 4) is 0 Å². The van der Waals surface area contributed by atoms with Gasteiger partial charge < -0.3 is 10.8 Å². The summed E-state index contributed by atoms with van der Waals surface area (Å²) in [6.07, 6.45) is 5.30. The molecule has 0 radical (unpaired) electrons. The van der Waals surface area contributed by atoms with E-state index in [9.17, 15) is 9.90 Å². The molecule has 4 nitrogen and oxygen atoms in total. The van der Waals surface area contributed by atoms with Crippen molar-refractivity contribution in [1.29, 1.82) is 0 Å². The van der Waals surface area contributed by atoms with Crippen LogP contribution in [0, 0.1) is 0 Å². The standard InChI is InChI=1S/C10H20N2O2/c1-8(9(11)14)12-10(7-13)5-3-2-4-6-10/h8,12-13H,2-7H2,1H3,(H2,11,14). The first kappa shape index (κ1) is 11.5. The number of nitrogens with two attached hydrogens (primary N) is 1. The lowest BCUT2D eigenvalue weighted by Gasteiger charge is -2.38. The number of aliphatic hydroxyl groups is 1. The summed E-state index contributed by atoms with van der Waals surface area (Å²) < 4.78 is 0. The number of amides is 1. The van der Waals surface area contributed by atoms with Gasteiger partial charge in [0.2, 0.25) is 5.91 Å². The second kappa shape index (κ2) is 4.75. The van der Waals surface area contributed by atoms with Crippen LogP contribution in [0.2, 0.25) is 0 Å². The van der Waals surface area contributed by atoms with E-state index in [1.807, 2.05) is 0 Å². The Morgan fingerprint density at radius 1 is 1.50 bits per heavy atom. The van der Waals surface area contributed by atoms with Crippen molar-refractivity contribution in [2.24, 2.45) is 5.73 Å². The summed E-state index contributed by atoms with van der Waals surface area (Å²) in [5.41, 5.74) is 4.91. The average Bonchev–Trinajstić information content (AvgIpc) is 2.19. The first-order chi connectivity index (χ1) is 6.59. The molecule has 4 heteroatoms. The van der Waals surface area contributed by atoms with Gasteiger partial charge in [-0.3, -0.25) is 10.1 Å². The van der Waals surface area contributed by atoms with E-state index in [1.165, 1.54) is 6.42 Å². The lowest BCUT2D eigenvalue weighted by Crippen LogP contribution is -2.56. The number of hydrogen-bond donors (Lipinski definition) is 3. The molecule has 14 heavy (non-hydrogen) atoms. The minimum Gasteiger partial charge on any atom is -0.394 e. The molecule has 1 amide bonds. The van der Waals surface area contributed by atoms with Crippen LogP contribution >= 0.6 is 0 Å². The van der Waals surface area contributed by atoms with Crippen LogP contribution in [0.25, 0.3) is 0 Å². The lowest BCUT2D eigenvalue weighted by atomic mass is 9.82. The molecule has 1 aliphatic carbocycles. The highest BCUT2D eigenvalue weighted by atomic mass is 16.3. The molecule has 82 valence electrons. The van der Waals surface area contributed by atoms with Crippen LogP contribution in [0.3, 0.4) is 0 Å². The number of hydrogen-bond acceptors (Lipinski definition) is 3. The van der Waals surface area contributed by atoms with Gasteiger partial charge in [-0.1, -0.05) is 19.3 Å². The fourth-order valence-corrected chi connectivity index (χ4v) is 2.11. The maximum Gasteiger partial charge on any atom is 0.234 e. The molecule has 1 rings (SSSR count). The molecule has 0 aromatic heterocycles. The highest BCUT2D eigenvalue weighted by molar-refractivity contribution is 5.79. The third-order valence-electron chi connectivity index (χ3n) is 3.06. The third kappa shape index (κ3) is 2.69. The summed E-state index contributed by atoms with van der Waals surface area (Å²) in [4.78, 5) is 10.9. The molecule has 1 fully saturated rings. The normalized spacial score (nSPS) is 23.0. The number of carbonyl (C=O) groups excluding carboxylic acids is 1. The van der Waals surface area contributed by atoms with E-state index in [2.05, 4.69) is 5.32 Å². The van der Waals surface area contributed by atoms with Crippen LogP contribution in [-0.2, 0) is 4.79 Å². The maximum absolute atomic E-state index is 10.9. The topological polar surface area (TPSA) is 75.3 Å². The number of carbonyl (C=O) groups is 1. The van der Waals surface area contributed by atoms with E-state index < -0.39 is 0 Å². The molecule has 1 unspecified atom stereocenters. The summed E-state index contributed by atoms with van der Waals surface area (Å²) in [6.45, 7) is 1.83. The molecule has 4 N–H and O–H groups in total. The van der Waals surface area contributed by atoms with Crippen molar-refractivity contribution in [3.63, 3.8) is 0 Å². The summed E-state index contributed by atoms with van der Waals surface area (Å²) in [5.74, 6) is -0.358. The van der Waals surface area contributed by atoms with Gasteiger partial charge in [-0.15, -0.1) is 0 Å². The van der Waals surface area contributed by atoms with E-state index in [4.69, 9.17) is 5.73 Å². The Morgan fingerprint density at radius 2 is 2.07 bits per heavy atom.